The van der Waals surface area contributed by atoms with E-state index in [4.69, 9.17) is 0 Å². The molecule has 0 aromatic carbocycles. The Morgan fingerprint density at radius 3 is 2.86 bits per heavy atom. The van der Waals surface area contributed by atoms with E-state index in [1.807, 2.05) is 19.0 Å². The molecule has 7 heavy (non-hydrogen) atoms. The van der Waals surface area contributed by atoms with Crippen LogP contribution in [0.3, 0.4) is 0 Å². The van der Waals surface area contributed by atoms with Crippen LogP contribution in [0.4, 0.5) is 0 Å². The normalized spacial score (nSPS) is 9.29. The molecular weight excluding hydrogens is 103 g/mol. The zero-order valence-corrected chi connectivity index (χ0v) is 5.24. The molecule has 0 atom stereocenters. The van der Waals surface area contributed by atoms with Crippen LogP contribution in [-0.2, 0) is 0 Å². The van der Waals surface area contributed by atoms with Gasteiger partial charge in [0.1, 0.15) is 7.28 Å². The largest absolute Gasteiger partial charge is 0.110 e. The van der Waals surface area contributed by atoms with Gasteiger partial charge in [-0.05, 0) is 0 Å². The van der Waals surface area contributed by atoms with Crippen molar-refractivity contribution in [3.05, 3.63) is 12.2 Å². The third-order valence-corrected chi connectivity index (χ3v) is 0.744. The van der Waals surface area contributed by atoms with Crippen molar-refractivity contribution in [1.82, 2.24) is 0 Å². The minimum absolute atomic E-state index is 1.02. The second-order valence-electron chi connectivity index (χ2n) is 1.21. The molecule has 0 aliphatic carbocycles. The summed E-state index contributed by atoms with van der Waals surface area (Å²) in [6.07, 6.45) is 4.91. The molecule has 0 spiro atoms. The molecule has 0 N–H and O–H groups in total. The maximum atomic E-state index is 4.54. The quantitative estimate of drug-likeness (QED) is 0.303. The van der Waals surface area contributed by atoms with Gasteiger partial charge < -0.3 is 0 Å². The van der Waals surface area contributed by atoms with Crippen LogP contribution in [0.1, 0.15) is 0 Å². The standard InChI is InChI=1S/C5H8BS/c1-6-4-2-3-5-7/h2-3,5H,4H2,1H3. The molecule has 0 rings (SSSR count). The van der Waals surface area contributed by atoms with Gasteiger partial charge in [0.15, 0.2) is 0 Å². The van der Waals surface area contributed by atoms with Crippen LogP contribution >= 0.6 is 12.2 Å². The minimum Gasteiger partial charge on any atom is -0.0917 e. The van der Waals surface area contributed by atoms with E-state index in [2.05, 4.69) is 19.5 Å². The second-order valence-corrected chi connectivity index (χ2v) is 1.48. The SMILES string of the molecule is C[B]CC=CC=S. The zero-order valence-electron chi connectivity index (χ0n) is 4.42. The predicted molar refractivity (Wildman–Crippen MR) is 39.2 cm³/mol. The molecule has 0 nitrogen and oxygen atoms in total. The van der Waals surface area contributed by atoms with Crippen molar-refractivity contribution >= 4 is 24.9 Å². The van der Waals surface area contributed by atoms with Gasteiger partial charge in [0.2, 0.25) is 0 Å². The summed E-state index contributed by atoms with van der Waals surface area (Å²) in [6.45, 7) is 2.02. The first-order valence-electron chi connectivity index (χ1n) is 2.30. The predicted octanol–water partition coefficient (Wildman–Crippen LogP) is 1.71. The number of thiocarbonyl (C=S) groups is 1. The summed E-state index contributed by atoms with van der Waals surface area (Å²) in [5.74, 6) is 0. The molecule has 0 amide bonds. The van der Waals surface area contributed by atoms with E-state index < -0.39 is 0 Å². The van der Waals surface area contributed by atoms with Gasteiger partial charge in [-0.2, -0.15) is 0 Å². The van der Waals surface area contributed by atoms with E-state index in [1.54, 1.807) is 5.37 Å². The Bertz CT molecular complexity index is 68.5. The Hall–Kier alpha value is -0.105. The van der Waals surface area contributed by atoms with Crippen LogP contribution < -0.4 is 0 Å². The van der Waals surface area contributed by atoms with E-state index in [-0.39, 0.29) is 0 Å². The molecular formula is C5H8BS. The third kappa shape index (κ3) is 5.89. The Morgan fingerprint density at radius 1 is 1.71 bits per heavy atom. The minimum atomic E-state index is 1.02. The monoisotopic (exact) mass is 111 g/mol. The first kappa shape index (κ1) is 6.89. The van der Waals surface area contributed by atoms with Crippen LogP contribution in [0.2, 0.25) is 13.1 Å². The maximum Gasteiger partial charge on any atom is 0.110 e. The van der Waals surface area contributed by atoms with Crippen molar-refractivity contribution in [2.75, 3.05) is 0 Å². The topological polar surface area (TPSA) is 0 Å². The van der Waals surface area contributed by atoms with E-state index in [9.17, 15) is 0 Å². The van der Waals surface area contributed by atoms with Gasteiger partial charge in [0.25, 0.3) is 0 Å². The van der Waals surface area contributed by atoms with Gasteiger partial charge in [-0.1, -0.05) is 37.5 Å². The Balaban J connectivity index is 2.92. The number of hydrogen-bond acceptors (Lipinski definition) is 1. The van der Waals surface area contributed by atoms with Gasteiger partial charge in [-0.15, -0.1) is 0 Å². The average molecular weight is 111 g/mol. The highest BCUT2D eigenvalue weighted by Gasteiger charge is 1.69. The van der Waals surface area contributed by atoms with Crippen LogP contribution in [-0.4, -0.2) is 12.6 Å². The van der Waals surface area contributed by atoms with Gasteiger partial charge in [0, 0.05) is 5.37 Å². The van der Waals surface area contributed by atoms with E-state index >= 15 is 0 Å². The zero-order chi connectivity index (χ0) is 5.54. The van der Waals surface area contributed by atoms with E-state index in [0.717, 1.165) is 6.32 Å². The van der Waals surface area contributed by atoms with Gasteiger partial charge in [0.05, 0.1) is 0 Å². The molecule has 0 unspecified atom stereocenters. The lowest BCUT2D eigenvalue weighted by Gasteiger charge is -1.74. The van der Waals surface area contributed by atoms with E-state index in [0.29, 0.717) is 0 Å². The van der Waals surface area contributed by atoms with Crippen molar-refractivity contribution in [3.63, 3.8) is 0 Å². The summed E-state index contributed by atoms with van der Waals surface area (Å²) < 4.78 is 0. The molecule has 0 aliphatic rings. The first-order chi connectivity index (χ1) is 3.41. The van der Waals surface area contributed by atoms with Crippen molar-refractivity contribution in [3.8, 4) is 0 Å². The molecule has 0 aromatic rings. The van der Waals surface area contributed by atoms with E-state index in [1.165, 1.54) is 0 Å². The van der Waals surface area contributed by atoms with Crippen molar-refractivity contribution < 1.29 is 0 Å². The van der Waals surface area contributed by atoms with Crippen LogP contribution in [0.15, 0.2) is 12.2 Å². The second kappa shape index (κ2) is 5.89. The smallest absolute Gasteiger partial charge is 0.0917 e. The molecule has 0 heterocycles. The van der Waals surface area contributed by atoms with Crippen molar-refractivity contribution in [2.24, 2.45) is 0 Å². The highest BCUT2D eigenvalue weighted by molar-refractivity contribution is 7.79. The summed E-state index contributed by atoms with van der Waals surface area (Å²) in [4.78, 5) is 0. The lowest BCUT2D eigenvalue weighted by atomic mass is 9.78. The summed E-state index contributed by atoms with van der Waals surface area (Å²) in [7, 11) is 2.08. The number of hydrogen-bond donors (Lipinski definition) is 0. The third-order valence-electron chi connectivity index (χ3n) is 0.586. The fourth-order valence-corrected chi connectivity index (χ4v) is 0.381. The molecule has 0 bridgehead atoms. The highest BCUT2D eigenvalue weighted by Crippen LogP contribution is 1.78. The van der Waals surface area contributed by atoms with Gasteiger partial charge >= 0.3 is 0 Å². The number of allylic oxidation sites excluding steroid dienone is 2. The lowest BCUT2D eigenvalue weighted by Crippen LogP contribution is -1.72. The van der Waals surface area contributed by atoms with Crippen LogP contribution in [0.25, 0.3) is 0 Å². The summed E-state index contributed by atoms with van der Waals surface area (Å²) >= 11 is 4.54. The molecule has 37 valence electrons. The summed E-state index contributed by atoms with van der Waals surface area (Å²) in [5.41, 5.74) is 0. The van der Waals surface area contributed by atoms with Crippen LogP contribution in [0.5, 0.6) is 0 Å². The number of rotatable bonds is 3. The molecule has 0 aliphatic heterocycles. The molecule has 1 radical (unpaired) electrons. The summed E-state index contributed by atoms with van der Waals surface area (Å²) in [6, 6.07) is 0. The van der Waals surface area contributed by atoms with Crippen molar-refractivity contribution in [2.45, 2.75) is 13.1 Å². The highest BCUT2D eigenvalue weighted by atomic mass is 32.1. The Kier molecular flexibility index (Phi) is 5.81. The fraction of sp³-hybridized carbons (Fsp3) is 0.400. The van der Waals surface area contributed by atoms with Gasteiger partial charge in [-0.3, -0.25) is 0 Å². The Labute approximate surface area is 50.9 Å². The molecule has 0 saturated carbocycles. The molecule has 0 saturated heterocycles. The van der Waals surface area contributed by atoms with Crippen LogP contribution in [0, 0.1) is 0 Å². The van der Waals surface area contributed by atoms with Crippen molar-refractivity contribution in [1.29, 1.82) is 0 Å². The average Bonchev–Trinajstić information content (AvgIpc) is 1.69. The fourth-order valence-electron chi connectivity index (χ4n) is 0.270. The molecule has 0 aromatic heterocycles. The molecule has 2 heteroatoms. The lowest BCUT2D eigenvalue weighted by molar-refractivity contribution is 1.69. The Morgan fingerprint density at radius 2 is 2.43 bits per heavy atom. The molecule has 0 fully saturated rings. The van der Waals surface area contributed by atoms with Gasteiger partial charge in [-0.25, -0.2) is 0 Å². The first-order valence-corrected chi connectivity index (χ1v) is 2.77. The summed E-state index contributed by atoms with van der Waals surface area (Å²) in [5, 5.41) is 1.61. The maximum absolute atomic E-state index is 4.54.